The maximum atomic E-state index is 13.2. The maximum absolute atomic E-state index is 13.2. The molecular weight excluding hydrogens is 467 g/mol. The Balaban J connectivity index is 1.72. The van der Waals surface area contributed by atoms with E-state index in [-0.39, 0.29) is 11.3 Å². The molecule has 1 aromatic heterocycles. The van der Waals surface area contributed by atoms with Crippen molar-refractivity contribution in [3.05, 3.63) is 99.5 Å². The molecule has 1 fully saturated rings. The first-order chi connectivity index (χ1) is 15.4. The molecule has 4 aromatic rings. The number of fused-ring (bicyclic) bond motifs is 1. The van der Waals surface area contributed by atoms with Crippen LogP contribution in [0.4, 0.5) is 5.13 Å². The first kappa shape index (κ1) is 20.7. The van der Waals surface area contributed by atoms with Gasteiger partial charge in [-0.1, -0.05) is 64.9 Å². The van der Waals surface area contributed by atoms with E-state index in [9.17, 15) is 14.7 Å². The van der Waals surface area contributed by atoms with Gasteiger partial charge in [0.1, 0.15) is 5.76 Å². The number of aliphatic hydroxyl groups is 1. The SMILES string of the molecule is O=C1C(=O)N(c2nc3ccc(Cl)cc3s2)C(c2ccccc2)C1=C(O)c1ccc(Cl)cc1. The number of hydrogen-bond acceptors (Lipinski definition) is 5. The predicted molar refractivity (Wildman–Crippen MR) is 127 cm³/mol. The quantitative estimate of drug-likeness (QED) is 0.214. The van der Waals surface area contributed by atoms with Crippen LogP contribution in [-0.2, 0) is 9.59 Å². The van der Waals surface area contributed by atoms with Crippen molar-refractivity contribution in [1.29, 1.82) is 0 Å². The molecule has 0 spiro atoms. The minimum atomic E-state index is -0.831. The number of thiazole rings is 1. The lowest BCUT2D eigenvalue weighted by atomic mass is 9.95. The predicted octanol–water partition coefficient (Wildman–Crippen LogP) is 6.23. The topological polar surface area (TPSA) is 70.5 Å². The van der Waals surface area contributed by atoms with Crippen molar-refractivity contribution >= 4 is 67.3 Å². The number of benzene rings is 3. The summed E-state index contributed by atoms with van der Waals surface area (Å²) in [5.41, 5.74) is 1.74. The fourth-order valence-corrected chi connectivity index (χ4v) is 5.13. The number of amides is 1. The lowest BCUT2D eigenvalue weighted by Crippen LogP contribution is -2.29. The van der Waals surface area contributed by atoms with Gasteiger partial charge < -0.3 is 5.11 Å². The molecule has 1 saturated heterocycles. The zero-order valence-electron chi connectivity index (χ0n) is 16.3. The first-order valence-electron chi connectivity index (χ1n) is 9.62. The molecule has 0 bridgehead atoms. The highest BCUT2D eigenvalue weighted by Gasteiger charge is 2.48. The maximum Gasteiger partial charge on any atom is 0.301 e. The Hall–Kier alpha value is -3.19. The molecule has 5 nitrogen and oxygen atoms in total. The van der Waals surface area contributed by atoms with E-state index in [4.69, 9.17) is 23.2 Å². The molecule has 1 unspecified atom stereocenters. The van der Waals surface area contributed by atoms with Crippen LogP contribution >= 0.6 is 34.5 Å². The average Bonchev–Trinajstić information content (AvgIpc) is 3.32. The number of hydrogen-bond donors (Lipinski definition) is 1. The number of halogens is 2. The largest absolute Gasteiger partial charge is 0.507 e. The van der Waals surface area contributed by atoms with Gasteiger partial charge in [-0.05, 0) is 48.0 Å². The summed E-state index contributed by atoms with van der Waals surface area (Å²) >= 11 is 13.3. The van der Waals surface area contributed by atoms with Crippen LogP contribution in [0.5, 0.6) is 0 Å². The van der Waals surface area contributed by atoms with E-state index in [0.29, 0.717) is 31.8 Å². The number of Topliss-reactive ketones (excluding diaryl/α,β-unsaturated/α-hetero) is 1. The van der Waals surface area contributed by atoms with Gasteiger partial charge in [0.05, 0.1) is 21.8 Å². The van der Waals surface area contributed by atoms with Crippen LogP contribution in [0.3, 0.4) is 0 Å². The zero-order valence-corrected chi connectivity index (χ0v) is 18.7. The number of nitrogens with zero attached hydrogens (tertiary/aromatic N) is 2. The van der Waals surface area contributed by atoms with Crippen LogP contribution in [0, 0.1) is 0 Å². The smallest absolute Gasteiger partial charge is 0.301 e. The van der Waals surface area contributed by atoms with Crippen LogP contribution in [-0.4, -0.2) is 21.8 Å². The molecule has 5 rings (SSSR count). The lowest BCUT2D eigenvalue weighted by Gasteiger charge is -2.22. The Kier molecular flexibility index (Phi) is 5.21. The molecule has 0 saturated carbocycles. The van der Waals surface area contributed by atoms with Gasteiger partial charge in [0.15, 0.2) is 5.13 Å². The fourth-order valence-electron chi connectivity index (χ4n) is 3.73. The normalized spacial score (nSPS) is 17.9. The summed E-state index contributed by atoms with van der Waals surface area (Å²) in [4.78, 5) is 32.2. The fraction of sp³-hybridized carbons (Fsp3) is 0.0417. The lowest BCUT2D eigenvalue weighted by molar-refractivity contribution is -0.132. The standard InChI is InChI=1S/C24H14Cl2N2O3S/c25-15-8-6-14(7-9-15)21(29)19-20(13-4-2-1-3-5-13)28(23(31)22(19)30)24-27-17-11-10-16(26)12-18(17)32-24/h1-12,20,29H. The van der Waals surface area contributed by atoms with Crippen LogP contribution < -0.4 is 4.90 Å². The molecule has 0 aliphatic carbocycles. The van der Waals surface area contributed by atoms with Crippen LogP contribution in [0.15, 0.2) is 78.4 Å². The van der Waals surface area contributed by atoms with Gasteiger partial charge in [-0.25, -0.2) is 4.98 Å². The summed E-state index contributed by atoms with van der Waals surface area (Å²) in [6.07, 6.45) is 0. The molecule has 1 atom stereocenters. The highest BCUT2D eigenvalue weighted by atomic mass is 35.5. The first-order valence-corrected chi connectivity index (χ1v) is 11.2. The van der Waals surface area contributed by atoms with Gasteiger partial charge in [0.25, 0.3) is 5.78 Å². The highest BCUT2D eigenvalue weighted by Crippen LogP contribution is 2.44. The van der Waals surface area contributed by atoms with E-state index >= 15 is 0 Å². The Morgan fingerprint density at radius 2 is 1.62 bits per heavy atom. The second-order valence-corrected chi connectivity index (χ2v) is 9.08. The molecule has 1 aliphatic heterocycles. The summed E-state index contributed by atoms with van der Waals surface area (Å²) in [6, 6.07) is 19.9. The summed E-state index contributed by atoms with van der Waals surface area (Å²) in [5.74, 6) is -1.79. The number of rotatable bonds is 3. The van der Waals surface area contributed by atoms with Crippen molar-refractivity contribution in [3.63, 3.8) is 0 Å². The summed E-state index contributed by atoms with van der Waals surface area (Å²) in [7, 11) is 0. The van der Waals surface area contributed by atoms with Crippen molar-refractivity contribution in [2.75, 3.05) is 4.90 Å². The van der Waals surface area contributed by atoms with E-state index in [0.717, 1.165) is 4.70 Å². The Morgan fingerprint density at radius 3 is 2.34 bits per heavy atom. The molecule has 1 N–H and O–H groups in total. The van der Waals surface area contributed by atoms with E-state index in [2.05, 4.69) is 4.98 Å². The average molecular weight is 481 g/mol. The Bertz CT molecular complexity index is 1400. The van der Waals surface area contributed by atoms with Crippen LogP contribution in [0.2, 0.25) is 10.0 Å². The minimum Gasteiger partial charge on any atom is -0.507 e. The third kappa shape index (κ3) is 3.46. The van der Waals surface area contributed by atoms with Crippen LogP contribution in [0.1, 0.15) is 17.2 Å². The minimum absolute atomic E-state index is 0.000751. The van der Waals surface area contributed by atoms with E-state index in [1.807, 2.05) is 30.3 Å². The molecule has 3 aromatic carbocycles. The number of carbonyl (C=O) groups is 2. The van der Waals surface area contributed by atoms with Gasteiger partial charge in [0, 0.05) is 15.6 Å². The number of aromatic nitrogens is 1. The second-order valence-electron chi connectivity index (χ2n) is 7.20. The van der Waals surface area contributed by atoms with E-state index in [1.165, 1.54) is 16.2 Å². The highest BCUT2D eigenvalue weighted by molar-refractivity contribution is 7.22. The molecule has 2 heterocycles. The van der Waals surface area contributed by atoms with Gasteiger partial charge in [0.2, 0.25) is 0 Å². The third-order valence-electron chi connectivity index (χ3n) is 5.22. The summed E-state index contributed by atoms with van der Waals surface area (Å²) in [5, 5.41) is 12.5. The summed E-state index contributed by atoms with van der Waals surface area (Å²) in [6.45, 7) is 0. The molecule has 32 heavy (non-hydrogen) atoms. The van der Waals surface area contributed by atoms with E-state index in [1.54, 1.807) is 42.5 Å². The summed E-state index contributed by atoms with van der Waals surface area (Å²) < 4.78 is 0.791. The van der Waals surface area contributed by atoms with Crippen molar-refractivity contribution in [2.24, 2.45) is 0 Å². The molecule has 1 amide bonds. The molecule has 0 radical (unpaired) electrons. The Labute approximate surface area is 197 Å². The number of aliphatic hydroxyl groups excluding tert-OH is 1. The molecule has 8 heteroatoms. The van der Waals surface area contributed by atoms with E-state index < -0.39 is 17.7 Å². The Morgan fingerprint density at radius 1 is 0.938 bits per heavy atom. The number of anilines is 1. The van der Waals surface area contributed by atoms with Crippen molar-refractivity contribution in [3.8, 4) is 0 Å². The van der Waals surface area contributed by atoms with Gasteiger partial charge in [-0.3, -0.25) is 14.5 Å². The number of carbonyl (C=O) groups excluding carboxylic acids is 2. The molecule has 158 valence electrons. The van der Waals surface area contributed by atoms with Crippen molar-refractivity contribution in [1.82, 2.24) is 4.98 Å². The third-order valence-corrected chi connectivity index (χ3v) is 6.73. The van der Waals surface area contributed by atoms with Crippen molar-refractivity contribution in [2.45, 2.75) is 6.04 Å². The van der Waals surface area contributed by atoms with Gasteiger partial charge >= 0.3 is 5.91 Å². The monoisotopic (exact) mass is 480 g/mol. The molecular formula is C24H14Cl2N2O3S. The zero-order chi connectivity index (χ0) is 22.4. The number of ketones is 1. The van der Waals surface area contributed by atoms with Gasteiger partial charge in [-0.2, -0.15) is 0 Å². The van der Waals surface area contributed by atoms with Gasteiger partial charge in [-0.15, -0.1) is 0 Å². The second kappa shape index (κ2) is 8.06. The van der Waals surface area contributed by atoms with Crippen molar-refractivity contribution < 1.29 is 14.7 Å². The molecule has 1 aliphatic rings. The van der Waals surface area contributed by atoms with Crippen LogP contribution in [0.25, 0.3) is 16.0 Å².